The van der Waals surface area contributed by atoms with Gasteiger partial charge in [0.15, 0.2) is 0 Å². The van der Waals surface area contributed by atoms with E-state index in [2.05, 4.69) is 15.3 Å². The summed E-state index contributed by atoms with van der Waals surface area (Å²) in [7, 11) is 1.37. The van der Waals surface area contributed by atoms with E-state index in [-0.39, 0.29) is 36.1 Å². The fourth-order valence-electron chi connectivity index (χ4n) is 3.82. The van der Waals surface area contributed by atoms with Gasteiger partial charge in [0.1, 0.15) is 17.2 Å². The number of carbonyl (C=O) groups excluding carboxylic acids is 2. The maximum atomic E-state index is 13.3. The zero-order valence-electron chi connectivity index (χ0n) is 22.1. The van der Waals surface area contributed by atoms with E-state index in [1.165, 1.54) is 17.9 Å². The molecule has 0 fully saturated rings. The van der Waals surface area contributed by atoms with Gasteiger partial charge in [0.25, 0.3) is 5.56 Å². The average Bonchev–Trinajstić information content (AvgIpc) is 2.97. The summed E-state index contributed by atoms with van der Waals surface area (Å²) in [6, 6.07) is 21.8. The lowest BCUT2D eigenvalue weighted by atomic mass is 10.1. The number of hydrogen-bond donors (Lipinski definition) is 2. The highest BCUT2D eigenvalue weighted by molar-refractivity contribution is 6.30. The average molecular weight is 561 g/mol. The van der Waals surface area contributed by atoms with Crippen LogP contribution in [-0.4, -0.2) is 28.5 Å². The first kappa shape index (κ1) is 28.4. The van der Waals surface area contributed by atoms with Gasteiger partial charge in [0.05, 0.1) is 19.3 Å². The molecule has 0 spiro atoms. The number of rotatable bonds is 10. The van der Waals surface area contributed by atoms with Crippen LogP contribution >= 0.6 is 11.6 Å². The third kappa shape index (κ3) is 7.70. The number of carbonyl (C=O) groups is 2. The van der Waals surface area contributed by atoms with Crippen molar-refractivity contribution in [3.05, 3.63) is 111 Å². The molecule has 2 N–H and O–H groups in total. The number of aromatic amines is 1. The third-order valence-electron chi connectivity index (χ3n) is 5.98. The lowest BCUT2D eigenvalue weighted by Crippen LogP contribution is -2.37. The predicted octanol–water partition coefficient (Wildman–Crippen LogP) is 5.36. The molecular formula is C30H29ClN4O5. The number of halogens is 1. The van der Waals surface area contributed by atoms with E-state index in [1.807, 2.05) is 36.4 Å². The molecule has 206 valence electrons. The Morgan fingerprint density at radius 1 is 1.00 bits per heavy atom. The van der Waals surface area contributed by atoms with Gasteiger partial charge in [-0.05, 0) is 66.1 Å². The van der Waals surface area contributed by atoms with Crippen LogP contribution in [-0.2, 0) is 27.3 Å². The largest absolute Gasteiger partial charge is 0.469 e. The number of esters is 1. The number of methoxy groups -OCH3 is 1. The highest BCUT2D eigenvalue weighted by Crippen LogP contribution is 2.25. The van der Waals surface area contributed by atoms with Crippen molar-refractivity contribution in [2.45, 2.75) is 32.7 Å². The molecule has 40 heavy (non-hydrogen) atoms. The summed E-state index contributed by atoms with van der Waals surface area (Å²) >= 11 is 6.02. The smallest absolute Gasteiger partial charge is 0.305 e. The van der Waals surface area contributed by atoms with Crippen LogP contribution in [0.15, 0.2) is 88.8 Å². The van der Waals surface area contributed by atoms with Gasteiger partial charge < -0.3 is 19.8 Å². The van der Waals surface area contributed by atoms with E-state index in [0.717, 1.165) is 11.1 Å². The predicted molar refractivity (Wildman–Crippen MR) is 153 cm³/mol. The van der Waals surface area contributed by atoms with Crippen molar-refractivity contribution in [1.29, 1.82) is 0 Å². The van der Waals surface area contributed by atoms with Gasteiger partial charge in [0.2, 0.25) is 11.5 Å². The van der Waals surface area contributed by atoms with Crippen LogP contribution in [0, 0.1) is 0 Å². The highest BCUT2D eigenvalue weighted by Gasteiger charge is 2.10. The highest BCUT2D eigenvalue weighted by atomic mass is 35.5. The number of benzene rings is 3. The van der Waals surface area contributed by atoms with E-state index in [9.17, 15) is 14.4 Å². The Kier molecular flexibility index (Phi) is 9.53. The van der Waals surface area contributed by atoms with Gasteiger partial charge in [-0.2, -0.15) is 0 Å². The molecule has 0 saturated carbocycles. The number of H-pyrrole nitrogens is 1. The first-order chi connectivity index (χ1) is 19.3. The Morgan fingerprint density at radius 2 is 1.75 bits per heavy atom. The molecule has 1 heterocycles. The second-order valence-electron chi connectivity index (χ2n) is 8.88. The molecule has 0 radical (unpaired) electrons. The van der Waals surface area contributed by atoms with Crippen molar-refractivity contribution >= 4 is 34.9 Å². The number of anilines is 1. The molecule has 10 heteroatoms. The van der Waals surface area contributed by atoms with Crippen molar-refractivity contribution in [2.75, 3.05) is 12.4 Å². The molecule has 9 nitrogen and oxygen atoms in total. The molecule has 1 amide bonds. The Labute approximate surface area is 236 Å². The van der Waals surface area contributed by atoms with Gasteiger partial charge in [-0.25, -0.2) is 4.99 Å². The minimum absolute atomic E-state index is 0.136. The zero-order valence-corrected chi connectivity index (χ0v) is 22.9. The van der Waals surface area contributed by atoms with Gasteiger partial charge in [-0.15, -0.1) is 0 Å². The third-order valence-corrected chi connectivity index (χ3v) is 6.23. The molecule has 4 aromatic rings. The van der Waals surface area contributed by atoms with Crippen LogP contribution in [0.2, 0.25) is 5.02 Å². The molecular weight excluding hydrogens is 532 g/mol. The number of hydrogen-bond acceptors (Lipinski definition) is 6. The normalized spacial score (nSPS) is 11.2. The van der Waals surface area contributed by atoms with Crippen LogP contribution in [0.25, 0.3) is 0 Å². The molecule has 1 aromatic heterocycles. The number of aryl methyl sites for hydroxylation is 1. The quantitative estimate of drug-likeness (QED) is 0.253. The number of nitrogens with one attached hydrogen (secondary N) is 2. The lowest BCUT2D eigenvalue weighted by Gasteiger charge is -2.11. The maximum Gasteiger partial charge on any atom is 0.305 e. The molecule has 0 bridgehead atoms. The van der Waals surface area contributed by atoms with Crippen molar-refractivity contribution in [3.63, 3.8) is 0 Å². The Morgan fingerprint density at radius 3 is 2.45 bits per heavy atom. The van der Waals surface area contributed by atoms with E-state index < -0.39 is 0 Å². The summed E-state index contributed by atoms with van der Waals surface area (Å²) in [5.41, 5.74) is 2.44. The van der Waals surface area contributed by atoms with Gasteiger partial charge in [0, 0.05) is 24.1 Å². The molecule has 3 aromatic carbocycles. The van der Waals surface area contributed by atoms with Crippen molar-refractivity contribution in [3.8, 4) is 11.5 Å². The summed E-state index contributed by atoms with van der Waals surface area (Å²) in [6.45, 7) is 1.93. The number of nitrogens with zero attached hydrogens (tertiary/aromatic N) is 2. The number of aromatic nitrogens is 2. The standard InChI is InChI=1S/C30H29ClN4O5/c1-3-27(36)34-26-18-32-30(35(29(26)38)19-21-7-10-22(31)11-8-21)33-23-12-14-24(15-13-23)40-25-6-4-5-20(17-25)9-16-28(37)39-2/h4-8,10-15,17-18H,3,9,16,19H2,1-2H3,(H,32,33)(H,34,36). The van der Waals surface area contributed by atoms with Gasteiger partial charge in [-0.3, -0.25) is 19.0 Å². The molecule has 0 saturated heterocycles. The fraction of sp³-hybridized carbons (Fsp3) is 0.200. The van der Waals surface area contributed by atoms with Crippen molar-refractivity contribution in [2.24, 2.45) is 4.99 Å². The van der Waals surface area contributed by atoms with Gasteiger partial charge >= 0.3 is 5.97 Å². The summed E-state index contributed by atoms with van der Waals surface area (Å²) in [4.78, 5) is 44.3. The maximum absolute atomic E-state index is 13.3. The van der Waals surface area contributed by atoms with Crippen LogP contribution in [0.1, 0.15) is 30.9 Å². The molecule has 4 rings (SSSR count). The summed E-state index contributed by atoms with van der Waals surface area (Å²) in [5, 5.41) is 3.22. The second-order valence-corrected chi connectivity index (χ2v) is 9.31. The van der Waals surface area contributed by atoms with Crippen LogP contribution in [0.4, 0.5) is 11.4 Å². The first-order valence-electron chi connectivity index (χ1n) is 12.7. The van der Waals surface area contributed by atoms with Gasteiger partial charge in [-0.1, -0.05) is 42.8 Å². The minimum Gasteiger partial charge on any atom is -0.469 e. The van der Waals surface area contributed by atoms with E-state index in [4.69, 9.17) is 21.1 Å². The topological polar surface area (TPSA) is 115 Å². The summed E-state index contributed by atoms with van der Waals surface area (Å²) < 4.78 is 12.1. The first-order valence-corrected chi connectivity index (χ1v) is 13.1. The minimum atomic E-state index is -0.388. The molecule has 0 unspecified atom stereocenters. The zero-order chi connectivity index (χ0) is 28.5. The van der Waals surface area contributed by atoms with E-state index in [0.29, 0.717) is 40.7 Å². The van der Waals surface area contributed by atoms with Crippen LogP contribution in [0.5, 0.6) is 11.5 Å². The lowest BCUT2D eigenvalue weighted by molar-refractivity contribution is -0.140. The monoisotopic (exact) mass is 560 g/mol. The van der Waals surface area contributed by atoms with Crippen molar-refractivity contribution < 1.29 is 19.1 Å². The van der Waals surface area contributed by atoms with E-state index in [1.54, 1.807) is 43.3 Å². The van der Waals surface area contributed by atoms with Crippen molar-refractivity contribution in [1.82, 2.24) is 9.55 Å². The Balaban J connectivity index is 1.59. The fourth-order valence-corrected chi connectivity index (χ4v) is 3.94. The molecule has 0 atom stereocenters. The van der Waals surface area contributed by atoms with Crippen LogP contribution < -0.4 is 21.2 Å². The summed E-state index contributed by atoms with van der Waals surface area (Å²) in [5.74, 6) is 0.714. The Hall–Kier alpha value is -4.63. The SMILES string of the molecule is CCC(=O)Nc1c[nH]/c(=N\c2ccc(Oc3cccc(CCC(=O)OC)c3)cc2)n(Cc2ccc(Cl)cc2)c1=O. The number of amides is 1. The second kappa shape index (κ2) is 13.4. The van der Waals surface area contributed by atoms with E-state index >= 15 is 0 Å². The molecule has 0 aliphatic heterocycles. The summed E-state index contributed by atoms with van der Waals surface area (Å²) in [6.07, 6.45) is 2.53. The Bertz CT molecular complexity index is 1610. The molecule has 0 aliphatic rings. The molecule has 0 aliphatic carbocycles. The number of ether oxygens (including phenoxy) is 2. The van der Waals surface area contributed by atoms with Crippen LogP contribution in [0.3, 0.4) is 0 Å².